The molecule has 5 heteroatoms. The Bertz CT molecular complexity index is 443. The summed E-state index contributed by atoms with van der Waals surface area (Å²) in [6.45, 7) is 3.27. The van der Waals surface area contributed by atoms with Crippen LogP contribution < -0.4 is 5.32 Å². The van der Waals surface area contributed by atoms with Gasteiger partial charge in [-0.25, -0.2) is 9.59 Å². The summed E-state index contributed by atoms with van der Waals surface area (Å²) >= 11 is 0. The first-order chi connectivity index (χ1) is 9.54. The highest BCUT2D eigenvalue weighted by molar-refractivity contribution is 5.87. The number of rotatable bonds is 7. The summed E-state index contributed by atoms with van der Waals surface area (Å²) in [4.78, 5) is 24.2. The molecule has 1 rings (SSSR count). The number of urea groups is 1. The molecule has 110 valence electrons. The Morgan fingerprint density at radius 1 is 1.20 bits per heavy atom. The van der Waals surface area contributed by atoms with Crippen LogP contribution in [0.4, 0.5) is 4.79 Å². The highest BCUT2D eigenvalue weighted by Crippen LogP contribution is 2.04. The zero-order valence-corrected chi connectivity index (χ0v) is 12.1. The van der Waals surface area contributed by atoms with Crippen LogP contribution in [0.1, 0.15) is 42.1 Å². The van der Waals surface area contributed by atoms with Gasteiger partial charge in [-0.15, -0.1) is 0 Å². The molecule has 0 aliphatic carbocycles. The molecular weight excluding hydrogens is 256 g/mol. The van der Waals surface area contributed by atoms with Crippen molar-refractivity contribution in [1.29, 1.82) is 0 Å². The molecule has 20 heavy (non-hydrogen) atoms. The van der Waals surface area contributed by atoms with Gasteiger partial charge >= 0.3 is 12.0 Å². The maximum atomic E-state index is 11.8. The summed E-state index contributed by atoms with van der Waals surface area (Å²) in [5.74, 6) is -0.948. The first-order valence-corrected chi connectivity index (χ1v) is 6.85. The molecular formula is C15H22N2O3. The molecule has 2 N–H and O–H groups in total. The largest absolute Gasteiger partial charge is 0.478 e. The lowest BCUT2D eigenvalue weighted by atomic mass is 10.1. The fraction of sp³-hybridized carbons (Fsp3) is 0.467. The molecule has 0 saturated carbocycles. The van der Waals surface area contributed by atoms with Crippen molar-refractivity contribution in [3.63, 3.8) is 0 Å². The number of nitrogens with zero attached hydrogens (tertiary/aromatic N) is 1. The van der Waals surface area contributed by atoms with Gasteiger partial charge in [0.25, 0.3) is 0 Å². The number of carbonyl (C=O) groups is 2. The second kappa shape index (κ2) is 8.19. The third-order valence-electron chi connectivity index (χ3n) is 3.09. The monoisotopic (exact) mass is 278 g/mol. The number of hydrogen-bond donors (Lipinski definition) is 2. The molecule has 0 aliphatic rings. The Morgan fingerprint density at radius 3 is 2.40 bits per heavy atom. The van der Waals surface area contributed by atoms with Crippen molar-refractivity contribution >= 4 is 12.0 Å². The summed E-state index contributed by atoms with van der Waals surface area (Å²) in [6.07, 6.45) is 3.26. The molecule has 0 spiro atoms. The van der Waals surface area contributed by atoms with Crippen LogP contribution in [0.3, 0.4) is 0 Å². The van der Waals surface area contributed by atoms with Crippen molar-refractivity contribution in [1.82, 2.24) is 10.2 Å². The number of carbonyl (C=O) groups excluding carboxylic acids is 1. The van der Waals surface area contributed by atoms with Gasteiger partial charge in [-0.1, -0.05) is 31.9 Å². The summed E-state index contributed by atoms with van der Waals surface area (Å²) in [7, 11) is 1.78. The number of unbranched alkanes of at least 4 members (excludes halogenated alkanes) is 2. The van der Waals surface area contributed by atoms with Gasteiger partial charge in [0.05, 0.1) is 5.56 Å². The minimum absolute atomic E-state index is 0.108. The summed E-state index contributed by atoms with van der Waals surface area (Å²) < 4.78 is 0. The van der Waals surface area contributed by atoms with Crippen LogP contribution in [0, 0.1) is 0 Å². The molecule has 0 fully saturated rings. The van der Waals surface area contributed by atoms with Gasteiger partial charge in [0, 0.05) is 20.1 Å². The van der Waals surface area contributed by atoms with Crippen molar-refractivity contribution in [3.05, 3.63) is 35.4 Å². The first kappa shape index (κ1) is 16.0. The average Bonchev–Trinajstić information content (AvgIpc) is 2.45. The number of carboxylic acid groups (broad SMARTS) is 1. The quantitative estimate of drug-likeness (QED) is 0.753. The van der Waals surface area contributed by atoms with E-state index < -0.39 is 5.97 Å². The molecule has 0 aliphatic heterocycles. The zero-order valence-electron chi connectivity index (χ0n) is 12.1. The molecule has 0 atom stereocenters. The van der Waals surface area contributed by atoms with E-state index in [1.54, 1.807) is 24.1 Å². The third-order valence-corrected chi connectivity index (χ3v) is 3.09. The van der Waals surface area contributed by atoms with Crippen molar-refractivity contribution in [2.45, 2.75) is 32.7 Å². The second-order valence-corrected chi connectivity index (χ2v) is 4.79. The Labute approximate surface area is 119 Å². The minimum Gasteiger partial charge on any atom is -0.478 e. The van der Waals surface area contributed by atoms with Gasteiger partial charge in [-0.3, -0.25) is 0 Å². The fourth-order valence-corrected chi connectivity index (χ4v) is 1.78. The van der Waals surface area contributed by atoms with E-state index in [2.05, 4.69) is 12.2 Å². The average molecular weight is 278 g/mol. The lowest BCUT2D eigenvalue weighted by Crippen LogP contribution is -2.37. The van der Waals surface area contributed by atoms with Gasteiger partial charge < -0.3 is 15.3 Å². The molecule has 0 unspecified atom stereocenters. The van der Waals surface area contributed by atoms with E-state index in [1.807, 2.05) is 0 Å². The standard InChI is InChI=1S/C15H22N2O3/c1-3-4-5-10-17(2)15(20)16-11-12-6-8-13(9-7-12)14(18)19/h6-9H,3-5,10-11H2,1-2H3,(H,16,20)(H,18,19). The van der Waals surface area contributed by atoms with Crippen LogP contribution >= 0.6 is 0 Å². The topological polar surface area (TPSA) is 69.6 Å². The van der Waals surface area contributed by atoms with Crippen LogP contribution in [0.15, 0.2) is 24.3 Å². The lowest BCUT2D eigenvalue weighted by molar-refractivity contribution is 0.0697. The Balaban J connectivity index is 2.38. The number of benzene rings is 1. The molecule has 0 saturated heterocycles. The van der Waals surface area contributed by atoms with Crippen LogP contribution in [0.2, 0.25) is 0 Å². The fourth-order valence-electron chi connectivity index (χ4n) is 1.78. The predicted octanol–water partition coefficient (Wildman–Crippen LogP) is 2.72. The molecule has 2 amide bonds. The molecule has 5 nitrogen and oxygen atoms in total. The van der Waals surface area contributed by atoms with E-state index in [0.29, 0.717) is 6.54 Å². The van der Waals surface area contributed by atoms with Gasteiger partial charge in [0.1, 0.15) is 0 Å². The smallest absolute Gasteiger partial charge is 0.335 e. The number of nitrogens with one attached hydrogen (secondary N) is 1. The van der Waals surface area contributed by atoms with Crippen molar-refractivity contribution < 1.29 is 14.7 Å². The Morgan fingerprint density at radius 2 is 1.85 bits per heavy atom. The van der Waals surface area contributed by atoms with Crippen LogP contribution in [0.5, 0.6) is 0 Å². The molecule has 0 heterocycles. The Hall–Kier alpha value is -2.04. The molecule has 0 aromatic heterocycles. The van der Waals surface area contributed by atoms with Gasteiger partial charge in [0.2, 0.25) is 0 Å². The lowest BCUT2D eigenvalue weighted by Gasteiger charge is -2.17. The van der Waals surface area contributed by atoms with Crippen LogP contribution in [-0.4, -0.2) is 35.6 Å². The third kappa shape index (κ3) is 5.30. The Kier molecular flexibility index (Phi) is 6.56. The van der Waals surface area contributed by atoms with E-state index in [1.165, 1.54) is 12.1 Å². The van der Waals surface area contributed by atoms with Gasteiger partial charge in [0.15, 0.2) is 0 Å². The second-order valence-electron chi connectivity index (χ2n) is 4.79. The number of amides is 2. The van der Waals surface area contributed by atoms with Crippen molar-refractivity contribution in [2.24, 2.45) is 0 Å². The number of aromatic carboxylic acids is 1. The summed E-state index contributed by atoms with van der Waals surface area (Å²) in [5, 5.41) is 11.6. The van der Waals surface area contributed by atoms with E-state index in [9.17, 15) is 9.59 Å². The van der Waals surface area contributed by atoms with E-state index in [-0.39, 0.29) is 11.6 Å². The van der Waals surface area contributed by atoms with E-state index >= 15 is 0 Å². The summed E-state index contributed by atoms with van der Waals surface area (Å²) in [5.41, 5.74) is 1.13. The number of carboxylic acids is 1. The molecule has 1 aromatic carbocycles. The zero-order chi connectivity index (χ0) is 15.0. The van der Waals surface area contributed by atoms with Gasteiger partial charge in [-0.05, 0) is 24.1 Å². The van der Waals surface area contributed by atoms with Crippen LogP contribution in [0.25, 0.3) is 0 Å². The summed E-state index contributed by atoms with van der Waals surface area (Å²) in [6, 6.07) is 6.38. The molecule has 1 aromatic rings. The normalized spacial score (nSPS) is 10.1. The van der Waals surface area contributed by atoms with Crippen LogP contribution in [-0.2, 0) is 6.54 Å². The van der Waals surface area contributed by atoms with E-state index in [0.717, 1.165) is 31.4 Å². The minimum atomic E-state index is -0.948. The predicted molar refractivity (Wildman–Crippen MR) is 77.8 cm³/mol. The van der Waals surface area contributed by atoms with Crippen molar-refractivity contribution in [3.8, 4) is 0 Å². The van der Waals surface area contributed by atoms with Crippen molar-refractivity contribution in [2.75, 3.05) is 13.6 Å². The van der Waals surface area contributed by atoms with E-state index in [4.69, 9.17) is 5.11 Å². The highest BCUT2D eigenvalue weighted by Gasteiger charge is 2.07. The van der Waals surface area contributed by atoms with Gasteiger partial charge in [-0.2, -0.15) is 0 Å². The number of hydrogen-bond acceptors (Lipinski definition) is 2. The first-order valence-electron chi connectivity index (χ1n) is 6.85. The molecule has 0 radical (unpaired) electrons. The maximum absolute atomic E-state index is 11.8. The maximum Gasteiger partial charge on any atom is 0.335 e. The SMILES string of the molecule is CCCCCN(C)C(=O)NCc1ccc(C(=O)O)cc1. The molecule has 0 bridgehead atoms. The highest BCUT2D eigenvalue weighted by atomic mass is 16.4.